The first-order chi connectivity index (χ1) is 10.3. The first-order valence-electron chi connectivity index (χ1n) is 6.93. The van der Waals surface area contributed by atoms with Crippen LogP contribution in [0.3, 0.4) is 0 Å². The van der Waals surface area contributed by atoms with E-state index in [1.165, 1.54) is 5.39 Å². The molecule has 0 aliphatic heterocycles. The number of ether oxygens (including phenoxy) is 1. The molecular weight excluding hydrogens is 260 g/mol. The van der Waals surface area contributed by atoms with Crippen molar-refractivity contribution in [3.05, 3.63) is 42.5 Å². The van der Waals surface area contributed by atoms with Gasteiger partial charge in [0.15, 0.2) is 0 Å². The molecule has 104 valence electrons. The predicted octanol–water partition coefficient (Wildman–Crippen LogP) is 3.59. The number of fused-ring (bicyclic) bond motifs is 1. The van der Waals surface area contributed by atoms with E-state index in [9.17, 15) is 4.79 Å². The summed E-state index contributed by atoms with van der Waals surface area (Å²) < 4.78 is 5.54. The standard InChI is InChI=1S/C19H16O2/c1-2-8-18(20)11-4-3-7-14-21-19-13-12-16-9-5-6-10-17(16)15-19/h5-6,9-10,12-13,15H,2,8,14H2,1H3. The lowest BCUT2D eigenvalue weighted by Crippen LogP contribution is -1.93. The van der Waals surface area contributed by atoms with Gasteiger partial charge in [-0.1, -0.05) is 37.3 Å². The minimum atomic E-state index is -0.0674. The van der Waals surface area contributed by atoms with Crippen molar-refractivity contribution < 1.29 is 9.53 Å². The van der Waals surface area contributed by atoms with Crippen molar-refractivity contribution in [2.24, 2.45) is 0 Å². The molecule has 0 N–H and O–H groups in total. The van der Waals surface area contributed by atoms with Gasteiger partial charge >= 0.3 is 0 Å². The third kappa shape index (κ3) is 4.71. The fraction of sp³-hybridized carbons (Fsp3) is 0.211. The smallest absolute Gasteiger partial charge is 0.206 e. The molecule has 0 radical (unpaired) electrons. The van der Waals surface area contributed by atoms with E-state index in [-0.39, 0.29) is 12.4 Å². The lowest BCUT2D eigenvalue weighted by atomic mass is 10.1. The van der Waals surface area contributed by atoms with Gasteiger partial charge in [0, 0.05) is 6.42 Å². The van der Waals surface area contributed by atoms with Crippen LogP contribution in [-0.2, 0) is 4.79 Å². The fourth-order valence-electron chi connectivity index (χ4n) is 1.85. The number of carbonyl (C=O) groups excluding carboxylic acids is 1. The average molecular weight is 276 g/mol. The van der Waals surface area contributed by atoms with Crippen molar-refractivity contribution in [1.82, 2.24) is 0 Å². The minimum Gasteiger partial charge on any atom is -0.481 e. The Hall–Kier alpha value is -2.71. The van der Waals surface area contributed by atoms with Crippen LogP contribution in [0.2, 0.25) is 0 Å². The van der Waals surface area contributed by atoms with E-state index in [4.69, 9.17) is 4.74 Å². The molecule has 21 heavy (non-hydrogen) atoms. The van der Waals surface area contributed by atoms with Gasteiger partial charge in [0.25, 0.3) is 0 Å². The zero-order valence-corrected chi connectivity index (χ0v) is 12.0. The van der Waals surface area contributed by atoms with Gasteiger partial charge in [0.05, 0.1) is 0 Å². The number of ketones is 1. The van der Waals surface area contributed by atoms with Crippen LogP contribution in [0.15, 0.2) is 42.5 Å². The summed E-state index contributed by atoms with van der Waals surface area (Å²) >= 11 is 0. The van der Waals surface area contributed by atoms with Crippen molar-refractivity contribution in [3.8, 4) is 29.4 Å². The van der Waals surface area contributed by atoms with E-state index < -0.39 is 0 Å². The van der Waals surface area contributed by atoms with Gasteiger partial charge in [0.2, 0.25) is 5.78 Å². The fourth-order valence-corrected chi connectivity index (χ4v) is 1.85. The predicted molar refractivity (Wildman–Crippen MR) is 84.9 cm³/mol. The SMILES string of the molecule is CCCC(=O)C#CC#CCOc1ccc2ccccc2c1. The highest BCUT2D eigenvalue weighted by Gasteiger charge is 1.95. The Bertz CT molecular complexity index is 751. The molecule has 2 rings (SSSR count). The molecule has 0 amide bonds. The van der Waals surface area contributed by atoms with Gasteiger partial charge in [-0.15, -0.1) is 0 Å². The molecule has 0 saturated carbocycles. The highest BCUT2D eigenvalue weighted by Crippen LogP contribution is 2.20. The molecule has 0 spiro atoms. The summed E-state index contributed by atoms with van der Waals surface area (Å²) in [7, 11) is 0. The monoisotopic (exact) mass is 276 g/mol. The largest absolute Gasteiger partial charge is 0.481 e. The van der Waals surface area contributed by atoms with Gasteiger partial charge in [0.1, 0.15) is 12.4 Å². The van der Waals surface area contributed by atoms with E-state index in [1.54, 1.807) is 0 Å². The number of hydrogen-bond donors (Lipinski definition) is 0. The highest BCUT2D eigenvalue weighted by molar-refractivity contribution is 5.95. The minimum absolute atomic E-state index is 0.0674. The Kier molecular flexibility index (Phi) is 5.44. The molecule has 2 aromatic rings. The Morgan fingerprint density at radius 2 is 1.90 bits per heavy atom. The van der Waals surface area contributed by atoms with E-state index in [1.807, 2.05) is 43.3 Å². The first kappa shape index (κ1) is 14.7. The molecule has 2 aromatic carbocycles. The Morgan fingerprint density at radius 1 is 1.10 bits per heavy atom. The summed E-state index contributed by atoms with van der Waals surface area (Å²) in [5.41, 5.74) is 0. The van der Waals surface area contributed by atoms with E-state index in [0.29, 0.717) is 6.42 Å². The molecule has 2 nitrogen and oxygen atoms in total. The summed E-state index contributed by atoms with van der Waals surface area (Å²) in [6.07, 6.45) is 1.30. The average Bonchev–Trinajstić information content (AvgIpc) is 2.51. The number of Topliss-reactive ketones (excluding diaryl/α,β-unsaturated/α-hetero) is 1. The molecule has 0 aliphatic rings. The Labute approximate surface area is 125 Å². The van der Waals surface area contributed by atoms with Crippen LogP contribution in [0.5, 0.6) is 5.75 Å². The maximum absolute atomic E-state index is 11.1. The first-order valence-corrected chi connectivity index (χ1v) is 6.93. The summed E-state index contributed by atoms with van der Waals surface area (Å²) in [4.78, 5) is 11.1. The van der Waals surface area contributed by atoms with E-state index in [2.05, 4.69) is 29.7 Å². The second-order valence-electron chi connectivity index (χ2n) is 4.52. The van der Waals surface area contributed by atoms with Crippen LogP contribution in [0, 0.1) is 23.7 Å². The van der Waals surface area contributed by atoms with Crippen LogP contribution < -0.4 is 4.74 Å². The van der Waals surface area contributed by atoms with Crippen molar-refractivity contribution in [1.29, 1.82) is 0 Å². The Morgan fingerprint density at radius 3 is 2.71 bits per heavy atom. The van der Waals surface area contributed by atoms with E-state index >= 15 is 0 Å². The number of benzene rings is 2. The molecule has 2 heteroatoms. The van der Waals surface area contributed by atoms with Gasteiger partial charge in [-0.05, 0) is 53.0 Å². The summed E-state index contributed by atoms with van der Waals surface area (Å²) in [5.74, 6) is 11.1. The number of hydrogen-bond acceptors (Lipinski definition) is 2. The molecular formula is C19H16O2. The maximum Gasteiger partial charge on any atom is 0.206 e. The van der Waals surface area contributed by atoms with Crippen LogP contribution in [-0.4, -0.2) is 12.4 Å². The van der Waals surface area contributed by atoms with E-state index in [0.717, 1.165) is 17.6 Å². The zero-order chi connectivity index (χ0) is 14.9. The molecule has 0 unspecified atom stereocenters. The molecule has 0 atom stereocenters. The normalized spacial score (nSPS) is 9.19. The van der Waals surface area contributed by atoms with Gasteiger partial charge < -0.3 is 4.74 Å². The van der Waals surface area contributed by atoms with Crippen molar-refractivity contribution in [3.63, 3.8) is 0 Å². The topological polar surface area (TPSA) is 26.3 Å². The number of carbonyl (C=O) groups is 1. The zero-order valence-electron chi connectivity index (χ0n) is 12.0. The molecule has 0 aromatic heterocycles. The second-order valence-corrected chi connectivity index (χ2v) is 4.52. The van der Waals surface area contributed by atoms with Gasteiger partial charge in [-0.2, -0.15) is 0 Å². The third-order valence-electron chi connectivity index (χ3n) is 2.86. The molecule has 0 saturated heterocycles. The molecule has 0 fully saturated rings. The van der Waals surface area contributed by atoms with Crippen molar-refractivity contribution >= 4 is 16.6 Å². The van der Waals surface area contributed by atoms with Gasteiger partial charge in [-0.25, -0.2) is 0 Å². The number of rotatable bonds is 4. The van der Waals surface area contributed by atoms with Crippen molar-refractivity contribution in [2.75, 3.05) is 6.61 Å². The van der Waals surface area contributed by atoms with Crippen LogP contribution >= 0.6 is 0 Å². The molecule has 0 heterocycles. The second kappa shape index (κ2) is 7.78. The maximum atomic E-state index is 11.1. The lowest BCUT2D eigenvalue weighted by molar-refractivity contribution is -0.113. The Balaban J connectivity index is 1.89. The van der Waals surface area contributed by atoms with Crippen LogP contribution in [0.1, 0.15) is 19.8 Å². The molecule has 0 aliphatic carbocycles. The lowest BCUT2D eigenvalue weighted by Gasteiger charge is -2.03. The summed E-state index contributed by atoms with van der Waals surface area (Å²) in [6.45, 7) is 2.21. The third-order valence-corrected chi connectivity index (χ3v) is 2.86. The van der Waals surface area contributed by atoms with Gasteiger partial charge in [-0.3, -0.25) is 4.79 Å². The van der Waals surface area contributed by atoms with Crippen molar-refractivity contribution in [2.45, 2.75) is 19.8 Å². The van der Waals surface area contributed by atoms with Crippen LogP contribution in [0.4, 0.5) is 0 Å². The highest BCUT2D eigenvalue weighted by atomic mass is 16.5. The molecule has 0 bridgehead atoms. The summed E-state index contributed by atoms with van der Waals surface area (Å²) in [6, 6.07) is 14.0. The quantitative estimate of drug-likeness (QED) is 0.630. The van der Waals surface area contributed by atoms with Crippen LogP contribution in [0.25, 0.3) is 10.8 Å². The summed E-state index contributed by atoms with van der Waals surface area (Å²) in [5, 5.41) is 2.31.